The fourth-order valence-corrected chi connectivity index (χ4v) is 3.18. The zero-order valence-corrected chi connectivity index (χ0v) is 17.8. The van der Waals surface area contributed by atoms with Crippen molar-refractivity contribution in [3.8, 4) is 0 Å². The molecule has 3 N–H and O–H groups in total. The van der Waals surface area contributed by atoms with Crippen LogP contribution in [0.5, 0.6) is 0 Å². The monoisotopic (exact) mass is 424 g/mol. The first kappa shape index (κ1) is 22.3. The van der Waals surface area contributed by atoms with Crippen LogP contribution < -0.4 is 20.9 Å². The van der Waals surface area contributed by atoms with E-state index in [4.69, 9.17) is 4.74 Å². The van der Waals surface area contributed by atoms with Crippen LogP contribution in [-0.2, 0) is 9.53 Å². The Bertz CT molecular complexity index is 904. The van der Waals surface area contributed by atoms with Gasteiger partial charge in [-0.1, -0.05) is 0 Å². The van der Waals surface area contributed by atoms with Crippen LogP contribution in [0, 0.1) is 0 Å². The highest BCUT2D eigenvalue weighted by Crippen LogP contribution is 2.15. The normalized spacial score (nSPS) is 15.2. The lowest BCUT2D eigenvalue weighted by atomic mass is 10.1. The fourth-order valence-electron chi connectivity index (χ4n) is 3.18. The number of benzene rings is 2. The SMILES string of the molecule is CN(C)c1ccc(C(=O)Nc2ccc(C(=O)NCCNC(=O)C3CCCO3)cc2)cc1. The molecular weight excluding hydrogens is 396 g/mol. The third-order valence-electron chi connectivity index (χ3n) is 4.98. The molecule has 3 amide bonds. The highest BCUT2D eigenvalue weighted by molar-refractivity contribution is 6.04. The number of ether oxygens (including phenoxy) is 1. The van der Waals surface area contributed by atoms with Gasteiger partial charge in [0, 0.05) is 56.3 Å². The maximum Gasteiger partial charge on any atom is 0.255 e. The van der Waals surface area contributed by atoms with Crippen molar-refractivity contribution in [1.82, 2.24) is 10.6 Å². The largest absolute Gasteiger partial charge is 0.378 e. The topological polar surface area (TPSA) is 99.8 Å². The molecule has 1 heterocycles. The van der Waals surface area contributed by atoms with Crippen LogP contribution in [-0.4, -0.2) is 57.6 Å². The lowest BCUT2D eigenvalue weighted by Gasteiger charge is -2.13. The molecule has 1 aliphatic heterocycles. The summed E-state index contributed by atoms with van der Waals surface area (Å²) in [5.41, 5.74) is 2.64. The molecule has 0 aromatic heterocycles. The Balaban J connectivity index is 1.43. The highest BCUT2D eigenvalue weighted by Gasteiger charge is 2.22. The van der Waals surface area contributed by atoms with Gasteiger partial charge in [0.25, 0.3) is 11.8 Å². The molecule has 1 unspecified atom stereocenters. The summed E-state index contributed by atoms with van der Waals surface area (Å²) in [6.07, 6.45) is 1.26. The Hall–Kier alpha value is -3.39. The molecule has 1 saturated heterocycles. The number of amides is 3. The van der Waals surface area contributed by atoms with E-state index in [-0.39, 0.29) is 23.8 Å². The molecule has 3 rings (SSSR count). The summed E-state index contributed by atoms with van der Waals surface area (Å²) < 4.78 is 5.31. The van der Waals surface area contributed by atoms with Crippen molar-refractivity contribution < 1.29 is 19.1 Å². The van der Waals surface area contributed by atoms with Crippen LogP contribution in [0.3, 0.4) is 0 Å². The van der Waals surface area contributed by atoms with E-state index >= 15 is 0 Å². The number of anilines is 2. The Morgan fingerprint density at radius 3 is 2.13 bits per heavy atom. The van der Waals surface area contributed by atoms with Crippen molar-refractivity contribution in [3.05, 3.63) is 59.7 Å². The van der Waals surface area contributed by atoms with E-state index < -0.39 is 0 Å². The third kappa shape index (κ3) is 6.29. The van der Waals surface area contributed by atoms with E-state index in [0.29, 0.717) is 36.5 Å². The molecule has 31 heavy (non-hydrogen) atoms. The second-order valence-electron chi connectivity index (χ2n) is 7.52. The van der Waals surface area contributed by atoms with E-state index in [1.165, 1.54) is 0 Å². The lowest BCUT2D eigenvalue weighted by molar-refractivity contribution is -0.129. The minimum Gasteiger partial charge on any atom is -0.378 e. The van der Waals surface area contributed by atoms with Gasteiger partial charge in [0.15, 0.2) is 0 Å². The number of carbonyl (C=O) groups is 3. The predicted octanol–water partition coefficient (Wildman–Crippen LogP) is 2.03. The molecule has 164 valence electrons. The summed E-state index contributed by atoms with van der Waals surface area (Å²) in [7, 11) is 3.88. The van der Waals surface area contributed by atoms with Gasteiger partial charge in [0.1, 0.15) is 6.10 Å². The highest BCUT2D eigenvalue weighted by atomic mass is 16.5. The molecule has 1 aliphatic rings. The number of nitrogens with zero attached hydrogens (tertiary/aromatic N) is 1. The number of hydrogen-bond donors (Lipinski definition) is 3. The zero-order chi connectivity index (χ0) is 22.2. The third-order valence-corrected chi connectivity index (χ3v) is 4.98. The quantitative estimate of drug-likeness (QED) is 0.563. The molecule has 8 heteroatoms. The summed E-state index contributed by atoms with van der Waals surface area (Å²) >= 11 is 0. The Morgan fingerprint density at radius 2 is 1.52 bits per heavy atom. The summed E-state index contributed by atoms with van der Waals surface area (Å²) in [5.74, 6) is -0.601. The summed E-state index contributed by atoms with van der Waals surface area (Å²) in [5, 5.41) is 8.34. The first-order chi connectivity index (χ1) is 14.9. The minimum atomic E-state index is -0.371. The molecule has 2 aromatic carbocycles. The molecule has 0 spiro atoms. The van der Waals surface area contributed by atoms with Crippen LogP contribution in [0.15, 0.2) is 48.5 Å². The molecule has 1 fully saturated rings. The van der Waals surface area contributed by atoms with Crippen molar-refractivity contribution in [3.63, 3.8) is 0 Å². The molecule has 0 radical (unpaired) electrons. The number of carbonyl (C=O) groups excluding carboxylic acids is 3. The van der Waals surface area contributed by atoms with E-state index in [1.807, 2.05) is 31.1 Å². The van der Waals surface area contributed by atoms with Crippen LogP contribution >= 0.6 is 0 Å². The second-order valence-corrected chi connectivity index (χ2v) is 7.52. The van der Waals surface area contributed by atoms with E-state index in [2.05, 4.69) is 16.0 Å². The molecule has 0 saturated carbocycles. The molecule has 2 aromatic rings. The number of hydrogen-bond acceptors (Lipinski definition) is 5. The molecule has 1 atom stereocenters. The van der Waals surface area contributed by atoms with E-state index in [1.54, 1.807) is 36.4 Å². The summed E-state index contributed by atoms with van der Waals surface area (Å²) in [4.78, 5) is 38.4. The van der Waals surface area contributed by atoms with E-state index in [9.17, 15) is 14.4 Å². The standard InChI is InChI=1S/C23H28N4O4/c1-27(2)19-11-7-17(8-12-19)22(29)26-18-9-5-16(6-10-18)21(28)24-13-14-25-23(30)20-4-3-15-31-20/h5-12,20H,3-4,13-15H2,1-2H3,(H,24,28)(H,25,30)(H,26,29). The van der Waals surface area contributed by atoms with Gasteiger partial charge in [-0.3, -0.25) is 14.4 Å². The fraction of sp³-hybridized carbons (Fsp3) is 0.348. The molecule has 0 aliphatic carbocycles. The maximum atomic E-state index is 12.4. The minimum absolute atomic E-state index is 0.136. The average molecular weight is 425 g/mol. The molecule has 0 bridgehead atoms. The first-order valence-electron chi connectivity index (χ1n) is 10.3. The average Bonchev–Trinajstić information content (AvgIpc) is 3.32. The van der Waals surface area contributed by atoms with Gasteiger partial charge >= 0.3 is 0 Å². The second kappa shape index (κ2) is 10.6. The van der Waals surface area contributed by atoms with Crippen molar-refractivity contribution in [2.45, 2.75) is 18.9 Å². The van der Waals surface area contributed by atoms with Crippen LogP contribution in [0.2, 0.25) is 0 Å². The summed E-state index contributed by atoms with van der Waals surface area (Å²) in [6.45, 7) is 1.28. The number of nitrogens with one attached hydrogen (secondary N) is 3. The van der Waals surface area contributed by atoms with Gasteiger partial charge in [-0.25, -0.2) is 0 Å². The summed E-state index contributed by atoms with van der Waals surface area (Å²) in [6, 6.07) is 13.9. The van der Waals surface area contributed by atoms with Crippen LogP contribution in [0.1, 0.15) is 33.6 Å². The van der Waals surface area contributed by atoms with Crippen molar-refractivity contribution in [2.24, 2.45) is 0 Å². The van der Waals surface area contributed by atoms with E-state index in [0.717, 1.165) is 18.5 Å². The van der Waals surface area contributed by atoms with Crippen molar-refractivity contribution in [1.29, 1.82) is 0 Å². The molecule has 8 nitrogen and oxygen atoms in total. The maximum absolute atomic E-state index is 12.4. The Morgan fingerprint density at radius 1 is 0.903 bits per heavy atom. The van der Waals surface area contributed by atoms with Gasteiger partial charge in [0.05, 0.1) is 0 Å². The molecular formula is C23H28N4O4. The van der Waals surface area contributed by atoms with Crippen LogP contribution in [0.25, 0.3) is 0 Å². The van der Waals surface area contributed by atoms with Crippen LogP contribution in [0.4, 0.5) is 11.4 Å². The van der Waals surface area contributed by atoms with Gasteiger partial charge < -0.3 is 25.6 Å². The zero-order valence-electron chi connectivity index (χ0n) is 17.8. The lowest BCUT2D eigenvalue weighted by Crippen LogP contribution is -2.39. The Kier molecular flexibility index (Phi) is 7.61. The van der Waals surface area contributed by atoms with Gasteiger partial charge in [-0.2, -0.15) is 0 Å². The van der Waals surface area contributed by atoms with Gasteiger partial charge in [-0.15, -0.1) is 0 Å². The smallest absolute Gasteiger partial charge is 0.255 e. The number of rotatable bonds is 8. The first-order valence-corrected chi connectivity index (χ1v) is 10.3. The van der Waals surface area contributed by atoms with Crippen molar-refractivity contribution >= 4 is 29.1 Å². The predicted molar refractivity (Wildman–Crippen MR) is 119 cm³/mol. The Labute approximate surface area is 182 Å². The van der Waals surface area contributed by atoms with Gasteiger partial charge in [-0.05, 0) is 61.4 Å². The van der Waals surface area contributed by atoms with Crippen molar-refractivity contribution in [2.75, 3.05) is 44.0 Å². The van der Waals surface area contributed by atoms with Gasteiger partial charge in [0.2, 0.25) is 5.91 Å².